The number of carbonyl (C=O) groups is 3. The molecule has 0 unspecified atom stereocenters. The summed E-state index contributed by atoms with van der Waals surface area (Å²) < 4.78 is 5.15. The van der Waals surface area contributed by atoms with Crippen LogP contribution in [-0.4, -0.2) is 29.6 Å². The molecule has 0 fully saturated rings. The summed E-state index contributed by atoms with van der Waals surface area (Å²) in [6.45, 7) is 2.94. The van der Waals surface area contributed by atoms with Crippen LogP contribution in [-0.2, 0) is 19.1 Å². The van der Waals surface area contributed by atoms with Crippen molar-refractivity contribution in [2.24, 2.45) is 0 Å². The van der Waals surface area contributed by atoms with Crippen molar-refractivity contribution >= 4 is 40.9 Å². The molecule has 7 heteroatoms. The summed E-state index contributed by atoms with van der Waals surface area (Å²) in [5.74, 6) is -0.916. The van der Waals surface area contributed by atoms with Crippen LogP contribution >= 0.6 is 11.8 Å². The molecule has 2 rings (SSSR count). The van der Waals surface area contributed by atoms with Crippen LogP contribution in [0.5, 0.6) is 0 Å². The van der Waals surface area contributed by atoms with Crippen LogP contribution in [0.1, 0.15) is 13.8 Å². The van der Waals surface area contributed by atoms with Crippen LogP contribution in [0.2, 0.25) is 0 Å². The molecule has 1 atom stereocenters. The van der Waals surface area contributed by atoms with E-state index in [2.05, 4.69) is 10.6 Å². The van der Waals surface area contributed by atoms with Gasteiger partial charge in [-0.25, -0.2) is 0 Å². The first-order chi connectivity index (χ1) is 12.4. The number of benzene rings is 2. The molecule has 0 heterocycles. The summed E-state index contributed by atoms with van der Waals surface area (Å²) in [6, 6.07) is 16.1. The van der Waals surface area contributed by atoms with Gasteiger partial charge in [0.15, 0.2) is 6.10 Å². The zero-order valence-electron chi connectivity index (χ0n) is 14.5. The molecule has 0 aromatic heterocycles. The van der Waals surface area contributed by atoms with Gasteiger partial charge in [0, 0.05) is 23.2 Å². The largest absolute Gasteiger partial charge is 0.452 e. The summed E-state index contributed by atoms with van der Waals surface area (Å²) >= 11 is 1.35. The SMILES string of the molecule is CC(=O)Nc1ccc(NC(=O)[C@H](C)OC(=O)CSc2ccccc2)cc1. The number of thioether (sulfide) groups is 1. The van der Waals surface area contributed by atoms with Crippen molar-refractivity contribution in [2.45, 2.75) is 24.8 Å². The lowest BCUT2D eigenvalue weighted by Crippen LogP contribution is -2.30. The topological polar surface area (TPSA) is 84.5 Å². The van der Waals surface area contributed by atoms with Crippen molar-refractivity contribution in [2.75, 3.05) is 16.4 Å². The number of nitrogens with one attached hydrogen (secondary N) is 2. The molecule has 2 amide bonds. The molecule has 0 saturated heterocycles. The fourth-order valence-corrected chi connectivity index (χ4v) is 2.73. The van der Waals surface area contributed by atoms with Crippen molar-refractivity contribution in [3.63, 3.8) is 0 Å². The average molecular weight is 372 g/mol. The highest BCUT2D eigenvalue weighted by molar-refractivity contribution is 8.00. The Balaban J connectivity index is 1.79. The standard InChI is InChI=1S/C19H20N2O4S/c1-13(25-18(23)12-26-17-6-4-3-5-7-17)19(24)21-16-10-8-15(9-11-16)20-14(2)22/h3-11,13H,12H2,1-2H3,(H,20,22)(H,21,24)/t13-/m0/s1. The molecule has 2 aromatic carbocycles. The normalized spacial score (nSPS) is 11.3. The second kappa shape index (κ2) is 9.62. The Labute approximate surface area is 156 Å². The van der Waals surface area contributed by atoms with Crippen molar-refractivity contribution in [3.8, 4) is 0 Å². The number of hydrogen-bond acceptors (Lipinski definition) is 5. The molecule has 0 aliphatic rings. The first-order valence-corrected chi connectivity index (χ1v) is 8.98. The Morgan fingerprint density at radius 2 is 1.54 bits per heavy atom. The number of rotatable bonds is 7. The monoisotopic (exact) mass is 372 g/mol. The number of hydrogen-bond donors (Lipinski definition) is 2. The summed E-state index contributed by atoms with van der Waals surface area (Å²) in [4.78, 5) is 35.9. The molecule has 26 heavy (non-hydrogen) atoms. The van der Waals surface area contributed by atoms with Gasteiger partial charge < -0.3 is 15.4 Å². The highest BCUT2D eigenvalue weighted by Crippen LogP contribution is 2.17. The van der Waals surface area contributed by atoms with Gasteiger partial charge in [-0.1, -0.05) is 18.2 Å². The van der Waals surface area contributed by atoms with Crippen LogP contribution in [0, 0.1) is 0 Å². The highest BCUT2D eigenvalue weighted by atomic mass is 32.2. The molecule has 0 saturated carbocycles. The minimum atomic E-state index is -0.908. The van der Waals surface area contributed by atoms with Crippen LogP contribution in [0.25, 0.3) is 0 Å². The molecule has 0 spiro atoms. The van der Waals surface area contributed by atoms with Gasteiger partial charge in [-0.3, -0.25) is 14.4 Å². The molecular weight excluding hydrogens is 352 g/mol. The molecule has 0 aliphatic heterocycles. The third-order valence-electron chi connectivity index (χ3n) is 3.25. The lowest BCUT2D eigenvalue weighted by atomic mass is 10.2. The zero-order chi connectivity index (χ0) is 18.9. The Kier molecular flexibility index (Phi) is 7.23. The smallest absolute Gasteiger partial charge is 0.317 e. The minimum Gasteiger partial charge on any atom is -0.452 e. The number of ether oxygens (including phenoxy) is 1. The van der Waals surface area contributed by atoms with Gasteiger partial charge in [0.2, 0.25) is 5.91 Å². The average Bonchev–Trinajstić information content (AvgIpc) is 2.62. The van der Waals surface area contributed by atoms with E-state index < -0.39 is 18.0 Å². The van der Waals surface area contributed by atoms with E-state index in [1.807, 2.05) is 30.3 Å². The van der Waals surface area contributed by atoms with Crippen LogP contribution in [0.4, 0.5) is 11.4 Å². The van der Waals surface area contributed by atoms with E-state index in [4.69, 9.17) is 4.74 Å². The van der Waals surface area contributed by atoms with E-state index in [9.17, 15) is 14.4 Å². The van der Waals surface area contributed by atoms with E-state index in [1.54, 1.807) is 24.3 Å². The number of esters is 1. The number of carbonyl (C=O) groups excluding carboxylic acids is 3. The van der Waals surface area contributed by atoms with Crippen LogP contribution in [0.15, 0.2) is 59.5 Å². The fraction of sp³-hybridized carbons (Fsp3) is 0.211. The van der Waals surface area contributed by atoms with E-state index in [0.29, 0.717) is 11.4 Å². The van der Waals surface area contributed by atoms with Crippen molar-refractivity contribution in [1.29, 1.82) is 0 Å². The molecule has 0 radical (unpaired) electrons. The van der Waals surface area contributed by atoms with E-state index in [0.717, 1.165) is 4.90 Å². The van der Waals surface area contributed by atoms with Gasteiger partial charge in [0.05, 0.1) is 5.75 Å². The molecular formula is C19H20N2O4S. The molecule has 0 bridgehead atoms. The summed E-state index contributed by atoms with van der Waals surface area (Å²) in [6.07, 6.45) is -0.908. The van der Waals surface area contributed by atoms with Gasteiger partial charge in [-0.05, 0) is 43.3 Å². The third kappa shape index (κ3) is 6.60. The Morgan fingerprint density at radius 3 is 2.12 bits per heavy atom. The van der Waals surface area contributed by atoms with Crippen molar-refractivity contribution in [3.05, 3.63) is 54.6 Å². The quantitative estimate of drug-likeness (QED) is 0.575. The van der Waals surface area contributed by atoms with Gasteiger partial charge in [-0.2, -0.15) is 0 Å². The minimum absolute atomic E-state index is 0.132. The maximum atomic E-state index is 12.1. The van der Waals surface area contributed by atoms with Gasteiger partial charge >= 0.3 is 5.97 Å². The summed E-state index contributed by atoms with van der Waals surface area (Å²) in [5, 5.41) is 5.30. The van der Waals surface area contributed by atoms with Crippen LogP contribution < -0.4 is 10.6 Å². The Morgan fingerprint density at radius 1 is 0.962 bits per heavy atom. The number of anilines is 2. The molecule has 0 aliphatic carbocycles. The zero-order valence-corrected chi connectivity index (χ0v) is 15.3. The molecule has 6 nitrogen and oxygen atoms in total. The molecule has 2 N–H and O–H groups in total. The number of amides is 2. The maximum absolute atomic E-state index is 12.1. The molecule has 136 valence electrons. The fourth-order valence-electron chi connectivity index (χ4n) is 2.03. The van der Waals surface area contributed by atoms with Crippen molar-refractivity contribution < 1.29 is 19.1 Å². The van der Waals surface area contributed by atoms with E-state index in [1.165, 1.54) is 25.6 Å². The van der Waals surface area contributed by atoms with E-state index in [-0.39, 0.29) is 11.7 Å². The van der Waals surface area contributed by atoms with Gasteiger partial charge in [-0.15, -0.1) is 11.8 Å². The second-order valence-corrected chi connectivity index (χ2v) is 6.53. The summed E-state index contributed by atoms with van der Waals surface area (Å²) in [5.41, 5.74) is 1.18. The van der Waals surface area contributed by atoms with Crippen molar-refractivity contribution in [1.82, 2.24) is 0 Å². The first kappa shape index (κ1) is 19.5. The predicted octanol–water partition coefficient (Wildman–Crippen LogP) is 3.31. The lowest BCUT2D eigenvalue weighted by molar-refractivity contribution is -0.150. The Hall–Kier alpha value is -2.80. The maximum Gasteiger partial charge on any atom is 0.317 e. The third-order valence-corrected chi connectivity index (χ3v) is 4.24. The summed E-state index contributed by atoms with van der Waals surface area (Å²) in [7, 11) is 0. The van der Waals surface area contributed by atoms with Gasteiger partial charge in [0.25, 0.3) is 5.91 Å². The molecule has 2 aromatic rings. The second-order valence-electron chi connectivity index (χ2n) is 5.48. The predicted molar refractivity (Wildman–Crippen MR) is 102 cm³/mol. The Bertz CT molecular complexity index is 763. The highest BCUT2D eigenvalue weighted by Gasteiger charge is 2.18. The lowest BCUT2D eigenvalue weighted by Gasteiger charge is -2.14. The van der Waals surface area contributed by atoms with Gasteiger partial charge in [0.1, 0.15) is 0 Å². The van der Waals surface area contributed by atoms with Crippen LogP contribution in [0.3, 0.4) is 0 Å². The van der Waals surface area contributed by atoms with E-state index >= 15 is 0 Å². The first-order valence-electron chi connectivity index (χ1n) is 8.00.